The molecule has 0 bridgehead atoms. The number of carbonyl (C=O) groups is 1. The van der Waals surface area contributed by atoms with E-state index in [1.165, 1.54) is 49.6 Å². The summed E-state index contributed by atoms with van der Waals surface area (Å²) < 4.78 is 93.0. The molecule has 0 radical (unpaired) electrons. The van der Waals surface area contributed by atoms with Gasteiger partial charge in [-0.3, -0.25) is 9.10 Å². The van der Waals surface area contributed by atoms with Gasteiger partial charge < -0.3 is 15.5 Å². The van der Waals surface area contributed by atoms with Gasteiger partial charge in [0.1, 0.15) is 17.2 Å². The van der Waals surface area contributed by atoms with Crippen molar-refractivity contribution in [3.8, 4) is 0 Å². The van der Waals surface area contributed by atoms with E-state index in [4.69, 9.17) is 0 Å². The number of nitrogens with one attached hydrogen (secondary N) is 2. The van der Waals surface area contributed by atoms with Gasteiger partial charge in [-0.05, 0) is 24.3 Å². The van der Waals surface area contributed by atoms with Crippen LogP contribution in [0.5, 0.6) is 0 Å². The third-order valence-corrected chi connectivity index (χ3v) is 7.21. The number of aromatic nitrogens is 3. The lowest BCUT2D eigenvalue weighted by Crippen LogP contribution is -2.29. The molecule has 0 aliphatic carbocycles. The van der Waals surface area contributed by atoms with Gasteiger partial charge in [0, 0.05) is 42.8 Å². The maximum absolute atomic E-state index is 13.7. The van der Waals surface area contributed by atoms with E-state index >= 15 is 0 Å². The van der Waals surface area contributed by atoms with Crippen molar-refractivity contribution in [1.29, 1.82) is 0 Å². The van der Waals surface area contributed by atoms with E-state index in [1.54, 1.807) is 0 Å². The number of hydrogen-bond donors (Lipinski definition) is 2. The van der Waals surface area contributed by atoms with E-state index in [0.29, 0.717) is 6.20 Å². The fourth-order valence-corrected chi connectivity index (χ4v) is 4.38. The van der Waals surface area contributed by atoms with Crippen molar-refractivity contribution < 1.29 is 35.2 Å². The number of likely N-dealkylation sites (tertiary alicyclic amines) is 1. The van der Waals surface area contributed by atoms with E-state index < -0.39 is 45.8 Å². The van der Waals surface area contributed by atoms with Gasteiger partial charge in [-0.25, -0.2) is 27.2 Å². The van der Waals surface area contributed by atoms with E-state index in [2.05, 4.69) is 25.6 Å². The molecule has 10 nitrogen and oxygen atoms in total. The van der Waals surface area contributed by atoms with Crippen molar-refractivity contribution >= 4 is 39.2 Å². The van der Waals surface area contributed by atoms with Gasteiger partial charge in [0.05, 0.1) is 19.3 Å². The first-order valence-corrected chi connectivity index (χ1v) is 13.6. The first-order valence-electron chi connectivity index (χ1n) is 11.7. The number of amides is 1. The minimum Gasteiger partial charge on any atom is -0.365 e. The molecule has 4 rings (SSSR count). The van der Waals surface area contributed by atoms with Gasteiger partial charge in [0.25, 0.3) is 5.91 Å². The zero-order valence-corrected chi connectivity index (χ0v) is 22.0. The first-order chi connectivity index (χ1) is 18.7. The number of alkyl halides is 5. The lowest BCUT2D eigenvalue weighted by atomic mass is 10.2. The quantitative estimate of drug-likeness (QED) is 0.384. The molecule has 16 heteroatoms. The highest BCUT2D eigenvalue weighted by atomic mass is 32.2. The zero-order valence-electron chi connectivity index (χ0n) is 21.2. The highest BCUT2D eigenvalue weighted by Crippen LogP contribution is 2.34. The summed E-state index contributed by atoms with van der Waals surface area (Å²) in [4.78, 5) is 25.4. The summed E-state index contributed by atoms with van der Waals surface area (Å²) in [5.41, 5.74) is -0.528. The molecule has 2 atom stereocenters. The van der Waals surface area contributed by atoms with Crippen LogP contribution >= 0.6 is 0 Å². The Morgan fingerprint density at radius 1 is 1.12 bits per heavy atom. The number of pyridine rings is 1. The van der Waals surface area contributed by atoms with Gasteiger partial charge in [-0.2, -0.15) is 18.2 Å². The van der Waals surface area contributed by atoms with Crippen molar-refractivity contribution in [2.75, 3.05) is 41.3 Å². The molecule has 1 amide bonds. The fourth-order valence-electron chi connectivity index (χ4n) is 3.90. The standard InChI is InChI=1S/C24H24F5N7O3S/c1-35(40(2,38)39)21-15(6-4-8-30-21)10-31-20-17(24(27,28)29)11-32-23(34-20)33-16-7-3-5-14(9-16)22(37)36-12-18(25)19(26)13-36/h3-9,11,18-19H,10,12-13H2,1-2H3,(H2,31,32,33,34)/t18-,19-/m1/s1. The van der Waals surface area contributed by atoms with Crippen LogP contribution in [-0.2, 0) is 22.7 Å². The Balaban J connectivity index is 1.57. The maximum Gasteiger partial charge on any atom is 0.421 e. The van der Waals surface area contributed by atoms with E-state index in [1.807, 2.05) is 0 Å². The number of carbonyl (C=O) groups excluding carboxylic acids is 1. The number of sulfonamides is 1. The molecule has 2 aromatic heterocycles. The maximum atomic E-state index is 13.7. The number of nitrogens with zero attached hydrogens (tertiary/aromatic N) is 5. The van der Waals surface area contributed by atoms with Crippen molar-refractivity contribution in [3.63, 3.8) is 0 Å². The third-order valence-electron chi connectivity index (χ3n) is 6.04. The van der Waals surface area contributed by atoms with Crippen LogP contribution in [0.3, 0.4) is 0 Å². The van der Waals surface area contributed by atoms with Gasteiger partial charge in [-0.15, -0.1) is 0 Å². The van der Waals surface area contributed by atoms with Crippen LogP contribution in [0, 0.1) is 0 Å². The lowest BCUT2D eigenvalue weighted by Gasteiger charge is -2.20. The minimum atomic E-state index is -4.81. The molecule has 3 aromatic rings. The number of rotatable bonds is 8. The van der Waals surface area contributed by atoms with Crippen molar-refractivity contribution in [2.24, 2.45) is 0 Å². The molecule has 1 saturated heterocycles. The van der Waals surface area contributed by atoms with Crippen LogP contribution in [0.4, 0.5) is 45.2 Å². The molecule has 40 heavy (non-hydrogen) atoms. The summed E-state index contributed by atoms with van der Waals surface area (Å²) in [6, 6.07) is 8.80. The molecule has 0 spiro atoms. The van der Waals surface area contributed by atoms with Crippen LogP contribution in [0.15, 0.2) is 48.8 Å². The largest absolute Gasteiger partial charge is 0.421 e. The Kier molecular flexibility index (Phi) is 8.09. The highest BCUT2D eigenvalue weighted by molar-refractivity contribution is 7.92. The van der Waals surface area contributed by atoms with Gasteiger partial charge >= 0.3 is 6.18 Å². The smallest absolute Gasteiger partial charge is 0.365 e. The molecule has 1 aliphatic heterocycles. The zero-order chi connectivity index (χ0) is 29.2. The van der Waals surface area contributed by atoms with Gasteiger partial charge in [0.15, 0.2) is 12.3 Å². The van der Waals surface area contributed by atoms with Crippen molar-refractivity contribution in [1.82, 2.24) is 19.9 Å². The van der Waals surface area contributed by atoms with Gasteiger partial charge in [0.2, 0.25) is 16.0 Å². The molecular weight excluding hydrogens is 561 g/mol. The molecule has 2 N–H and O–H groups in total. The molecule has 1 fully saturated rings. The van der Waals surface area contributed by atoms with Crippen molar-refractivity contribution in [3.05, 3.63) is 65.5 Å². The number of halogens is 5. The SMILES string of the molecule is CN(c1ncccc1CNc1nc(Nc2cccc(C(=O)N3C[C@@H](F)[C@H](F)C3)c2)ncc1C(F)(F)F)S(C)(=O)=O. The average Bonchev–Trinajstić information content (AvgIpc) is 3.23. The molecule has 1 aliphatic rings. The summed E-state index contributed by atoms with van der Waals surface area (Å²) in [5.74, 6) is -1.41. The Morgan fingerprint density at radius 2 is 1.82 bits per heavy atom. The van der Waals surface area contributed by atoms with Gasteiger partial charge in [-0.1, -0.05) is 12.1 Å². The lowest BCUT2D eigenvalue weighted by molar-refractivity contribution is -0.137. The predicted molar refractivity (Wildman–Crippen MR) is 137 cm³/mol. The molecule has 0 unspecified atom stereocenters. The van der Waals surface area contributed by atoms with E-state index in [-0.39, 0.29) is 48.2 Å². The van der Waals surface area contributed by atoms with Crippen LogP contribution in [0.2, 0.25) is 0 Å². The predicted octanol–water partition coefficient (Wildman–Crippen LogP) is 3.77. The Bertz CT molecular complexity index is 1500. The first kappa shape index (κ1) is 28.9. The van der Waals surface area contributed by atoms with Crippen LogP contribution in [0.25, 0.3) is 0 Å². The molecular formula is C24H24F5N7O3S. The molecule has 214 valence electrons. The normalized spacial score (nSPS) is 17.5. The minimum absolute atomic E-state index is 0.0242. The average molecular weight is 586 g/mol. The second kappa shape index (κ2) is 11.2. The fraction of sp³-hybridized carbons (Fsp3) is 0.333. The number of anilines is 4. The van der Waals surface area contributed by atoms with Crippen molar-refractivity contribution in [2.45, 2.75) is 25.1 Å². The molecule has 1 aromatic carbocycles. The number of benzene rings is 1. The summed E-state index contributed by atoms with van der Waals surface area (Å²) in [6.07, 6.45) is -5.47. The summed E-state index contributed by atoms with van der Waals surface area (Å²) in [7, 11) is -2.42. The second-order valence-corrected chi connectivity index (χ2v) is 11.0. The Morgan fingerprint density at radius 3 is 2.48 bits per heavy atom. The van der Waals surface area contributed by atoms with Crippen LogP contribution in [-0.4, -0.2) is 72.9 Å². The van der Waals surface area contributed by atoms with E-state index in [0.717, 1.165) is 15.5 Å². The Labute approximate surface area is 226 Å². The summed E-state index contributed by atoms with van der Waals surface area (Å²) in [6.45, 7) is -1.02. The molecule has 0 saturated carbocycles. The van der Waals surface area contributed by atoms with E-state index in [9.17, 15) is 35.2 Å². The topological polar surface area (TPSA) is 120 Å². The Hall–Kier alpha value is -4.08. The second-order valence-electron chi connectivity index (χ2n) is 8.97. The van der Waals surface area contributed by atoms with Crippen LogP contribution in [0.1, 0.15) is 21.5 Å². The number of hydrogen-bond acceptors (Lipinski definition) is 8. The molecule has 3 heterocycles. The van der Waals surface area contributed by atoms with Crippen LogP contribution < -0.4 is 14.9 Å². The summed E-state index contributed by atoms with van der Waals surface area (Å²) in [5, 5.41) is 5.31. The summed E-state index contributed by atoms with van der Waals surface area (Å²) >= 11 is 0. The third kappa shape index (κ3) is 6.55. The highest BCUT2D eigenvalue weighted by Gasteiger charge is 2.36. The monoisotopic (exact) mass is 585 g/mol.